The number of benzene rings is 2. The zero-order chi connectivity index (χ0) is 16.6. The van der Waals surface area contributed by atoms with Gasteiger partial charge in [0.25, 0.3) is 11.8 Å². The van der Waals surface area contributed by atoms with Crippen LogP contribution in [-0.2, 0) is 6.54 Å². The average Bonchev–Trinajstić information content (AvgIpc) is 2.99. The summed E-state index contributed by atoms with van der Waals surface area (Å²) in [5.41, 5.74) is 3.30. The first-order valence-corrected chi connectivity index (χ1v) is 7.38. The Bertz CT molecular complexity index is 772. The summed E-state index contributed by atoms with van der Waals surface area (Å²) >= 11 is 0. The van der Waals surface area contributed by atoms with Gasteiger partial charge < -0.3 is 14.9 Å². The van der Waals surface area contributed by atoms with E-state index in [4.69, 9.17) is 0 Å². The molecular weight excluding hydrogens is 292 g/mol. The van der Waals surface area contributed by atoms with Crippen molar-refractivity contribution in [2.75, 3.05) is 14.1 Å². The fraction of sp³-hybridized carbons (Fsp3) is 0.222. The molecule has 0 saturated heterocycles. The number of amides is 2. The molecule has 0 aromatic heterocycles. The van der Waals surface area contributed by atoms with Crippen molar-refractivity contribution in [1.82, 2.24) is 9.80 Å². The molecule has 0 aliphatic carbocycles. The van der Waals surface area contributed by atoms with Crippen LogP contribution < -0.4 is 0 Å². The molecule has 2 heterocycles. The van der Waals surface area contributed by atoms with E-state index >= 15 is 0 Å². The molecule has 5 nitrogen and oxygen atoms in total. The monoisotopic (exact) mass is 310 g/mol. The predicted molar refractivity (Wildman–Crippen MR) is 85.7 cm³/mol. The molecule has 2 amide bonds. The second kappa shape index (κ2) is 5.85. The zero-order valence-corrected chi connectivity index (χ0v) is 13.1. The second-order valence-corrected chi connectivity index (χ2v) is 5.70. The Morgan fingerprint density at radius 1 is 0.913 bits per heavy atom. The Balaban J connectivity index is 0.000000136. The summed E-state index contributed by atoms with van der Waals surface area (Å²) in [5, 5.41) is 9.53. The first-order chi connectivity index (χ1) is 11.0. The Kier molecular flexibility index (Phi) is 3.88. The highest BCUT2D eigenvalue weighted by atomic mass is 16.3. The molecule has 2 aromatic carbocycles. The number of hydrogen-bond acceptors (Lipinski definition) is 3. The summed E-state index contributed by atoms with van der Waals surface area (Å²) in [7, 11) is 3.41. The molecule has 118 valence electrons. The van der Waals surface area contributed by atoms with Crippen molar-refractivity contribution in [2.24, 2.45) is 0 Å². The highest BCUT2D eigenvalue weighted by Gasteiger charge is 2.31. The summed E-state index contributed by atoms with van der Waals surface area (Å²) in [6, 6.07) is 14.8. The van der Waals surface area contributed by atoms with E-state index < -0.39 is 6.23 Å². The van der Waals surface area contributed by atoms with E-state index in [1.54, 1.807) is 30.1 Å². The fourth-order valence-corrected chi connectivity index (χ4v) is 2.83. The summed E-state index contributed by atoms with van der Waals surface area (Å²) in [5.74, 6) is 0.0266. The van der Waals surface area contributed by atoms with Gasteiger partial charge in [0.05, 0.1) is 0 Å². The molecule has 0 saturated carbocycles. The Morgan fingerprint density at radius 3 is 2.17 bits per heavy atom. The molecule has 23 heavy (non-hydrogen) atoms. The van der Waals surface area contributed by atoms with E-state index in [9.17, 15) is 14.7 Å². The minimum absolute atomic E-state index is 0.113. The SMILES string of the molecule is CN1C(=O)c2ccccc2C1O.CN1Cc2ccccc2C1=O. The maximum Gasteiger partial charge on any atom is 0.256 e. The van der Waals surface area contributed by atoms with Gasteiger partial charge >= 0.3 is 0 Å². The van der Waals surface area contributed by atoms with Crippen molar-refractivity contribution in [2.45, 2.75) is 12.8 Å². The fourth-order valence-electron chi connectivity index (χ4n) is 2.83. The minimum atomic E-state index is -0.770. The molecule has 1 atom stereocenters. The van der Waals surface area contributed by atoms with E-state index in [0.29, 0.717) is 11.1 Å². The van der Waals surface area contributed by atoms with Gasteiger partial charge in [0.1, 0.15) is 0 Å². The van der Waals surface area contributed by atoms with Crippen molar-refractivity contribution in [1.29, 1.82) is 0 Å². The molecule has 4 rings (SSSR count). The van der Waals surface area contributed by atoms with Crippen molar-refractivity contribution in [3.05, 3.63) is 70.8 Å². The molecule has 2 aromatic rings. The number of fused-ring (bicyclic) bond motifs is 2. The molecule has 0 bridgehead atoms. The van der Waals surface area contributed by atoms with E-state index in [0.717, 1.165) is 17.7 Å². The summed E-state index contributed by atoms with van der Waals surface area (Å²) < 4.78 is 0. The van der Waals surface area contributed by atoms with Crippen molar-refractivity contribution in [3.63, 3.8) is 0 Å². The molecule has 5 heteroatoms. The third kappa shape index (κ3) is 2.59. The molecule has 2 aliphatic rings. The lowest BCUT2D eigenvalue weighted by Gasteiger charge is -2.13. The number of aliphatic hydroxyl groups is 1. The number of carbonyl (C=O) groups excluding carboxylic acids is 2. The summed E-state index contributed by atoms with van der Waals surface area (Å²) in [6.45, 7) is 0.759. The molecule has 0 radical (unpaired) electrons. The number of carbonyl (C=O) groups is 2. The molecule has 0 spiro atoms. The van der Waals surface area contributed by atoms with Gasteiger partial charge in [-0.05, 0) is 17.7 Å². The van der Waals surface area contributed by atoms with E-state index in [1.807, 2.05) is 37.4 Å². The van der Waals surface area contributed by atoms with Crippen LogP contribution in [0.5, 0.6) is 0 Å². The third-order valence-corrected chi connectivity index (χ3v) is 4.16. The molecule has 1 N–H and O–H groups in total. The lowest BCUT2D eigenvalue weighted by atomic mass is 10.1. The number of rotatable bonds is 0. The average molecular weight is 310 g/mol. The zero-order valence-electron chi connectivity index (χ0n) is 13.1. The van der Waals surface area contributed by atoms with Crippen LogP contribution in [0, 0.1) is 0 Å². The highest BCUT2D eigenvalue weighted by Crippen LogP contribution is 2.29. The maximum atomic E-state index is 11.4. The lowest BCUT2D eigenvalue weighted by molar-refractivity contribution is 0.0301. The van der Waals surface area contributed by atoms with Gasteiger partial charge in [-0.25, -0.2) is 0 Å². The van der Waals surface area contributed by atoms with Crippen LogP contribution in [0.2, 0.25) is 0 Å². The van der Waals surface area contributed by atoms with Crippen molar-refractivity contribution >= 4 is 11.8 Å². The number of nitrogens with zero attached hydrogens (tertiary/aromatic N) is 2. The van der Waals surface area contributed by atoms with Gasteiger partial charge in [0, 0.05) is 37.3 Å². The Hall–Kier alpha value is -2.66. The summed E-state index contributed by atoms with van der Waals surface area (Å²) in [6.07, 6.45) is -0.770. The second-order valence-electron chi connectivity index (χ2n) is 5.70. The Morgan fingerprint density at radius 2 is 1.52 bits per heavy atom. The van der Waals surface area contributed by atoms with Gasteiger partial charge in [0.2, 0.25) is 0 Å². The first-order valence-electron chi connectivity index (χ1n) is 7.38. The standard InChI is InChI=1S/C9H9NO2.C9H9NO/c1-10-8(11)6-4-2-3-5-7(6)9(10)12;1-10-6-7-4-2-3-5-8(7)9(10)11/h2-5,8,11H,1H3;2-5H,6H2,1H3. The van der Waals surface area contributed by atoms with Gasteiger partial charge in [0.15, 0.2) is 6.23 Å². The quantitative estimate of drug-likeness (QED) is 0.810. The molecule has 1 unspecified atom stereocenters. The first kappa shape index (κ1) is 15.2. The third-order valence-electron chi connectivity index (χ3n) is 4.16. The van der Waals surface area contributed by atoms with Crippen LogP contribution in [0.3, 0.4) is 0 Å². The van der Waals surface area contributed by atoms with Gasteiger partial charge in [-0.15, -0.1) is 0 Å². The highest BCUT2D eigenvalue weighted by molar-refractivity contribution is 5.98. The minimum Gasteiger partial charge on any atom is -0.369 e. The van der Waals surface area contributed by atoms with E-state index in [1.165, 1.54) is 4.90 Å². The van der Waals surface area contributed by atoms with Crippen LogP contribution in [0.15, 0.2) is 48.5 Å². The number of hydrogen-bond donors (Lipinski definition) is 1. The number of aliphatic hydroxyl groups excluding tert-OH is 1. The van der Waals surface area contributed by atoms with Gasteiger partial charge in [-0.2, -0.15) is 0 Å². The van der Waals surface area contributed by atoms with Gasteiger partial charge in [-0.3, -0.25) is 9.59 Å². The molecule has 2 aliphatic heterocycles. The predicted octanol–water partition coefficient (Wildman–Crippen LogP) is 2.04. The van der Waals surface area contributed by atoms with Crippen molar-refractivity contribution < 1.29 is 14.7 Å². The smallest absolute Gasteiger partial charge is 0.256 e. The summed E-state index contributed by atoms with van der Waals surface area (Å²) in [4.78, 5) is 25.7. The van der Waals surface area contributed by atoms with Crippen LogP contribution in [0.1, 0.15) is 38.1 Å². The van der Waals surface area contributed by atoms with Crippen LogP contribution in [-0.4, -0.2) is 40.8 Å². The largest absolute Gasteiger partial charge is 0.369 e. The lowest BCUT2D eigenvalue weighted by Crippen LogP contribution is -2.22. The van der Waals surface area contributed by atoms with Crippen LogP contribution >= 0.6 is 0 Å². The Labute approximate surface area is 134 Å². The van der Waals surface area contributed by atoms with E-state index in [-0.39, 0.29) is 11.8 Å². The van der Waals surface area contributed by atoms with Gasteiger partial charge in [-0.1, -0.05) is 36.4 Å². The normalized spacial score (nSPS) is 18.5. The molecule has 0 fully saturated rings. The van der Waals surface area contributed by atoms with Crippen molar-refractivity contribution in [3.8, 4) is 0 Å². The maximum absolute atomic E-state index is 11.4. The van der Waals surface area contributed by atoms with Crippen LogP contribution in [0.25, 0.3) is 0 Å². The van der Waals surface area contributed by atoms with Crippen LogP contribution in [0.4, 0.5) is 0 Å². The topological polar surface area (TPSA) is 60.9 Å². The van der Waals surface area contributed by atoms with E-state index in [2.05, 4.69) is 0 Å². The molecular formula is C18H18N2O3.